The van der Waals surface area contributed by atoms with Crippen LogP contribution in [0, 0.1) is 5.92 Å². The van der Waals surface area contributed by atoms with Gasteiger partial charge in [0.25, 0.3) is 5.91 Å². The Balaban J connectivity index is 1.86. The highest BCUT2D eigenvalue weighted by Gasteiger charge is 2.20. The van der Waals surface area contributed by atoms with Crippen LogP contribution in [-0.2, 0) is 11.3 Å². The molecule has 1 amide bonds. The molecule has 0 unspecified atom stereocenters. The molecule has 0 atom stereocenters. The molecule has 19 heavy (non-hydrogen) atoms. The van der Waals surface area contributed by atoms with Crippen molar-refractivity contribution in [3.05, 3.63) is 29.8 Å². The van der Waals surface area contributed by atoms with Crippen LogP contribution in [0.1, 0.15) is 25.3 Å². The third kappa shape index (κ3) is 3.70. The van der Waals surface area contributed by atoms with E-state index in [0.29, 0.717) is 12.3 Å². The van der Waals surface area contributed by atoms with E-state index in [9.17, 15) is 4.79 Å². The molecule has 0 bridgehead atoms. The van der Waals surface area contributed by atoms with Crippen molar-refractivity contribution in [3.8, 4) is 5.75 Å². The van der Waals surface area contributed by atoms with Crippen molar-refractivity contribution < 1.29 is 9.53 Å². The maximum absolute atomic E-state index is 12.0. The summed E-state index contributed by atoms with van der Waals surface area (Å²) in [5.41, 5.74) is 6.57. The van der Waals surface area contributed by atoms with Crippen LogP contribution < -0.4 is 10.5 Å². The molecule has 1 aromatic rings. The summed E-state index contributed by atoms with van der Waals surface area (Å²) in [7, 11) is 0. The summed E-state index contributed by atoms with van der Waals surface area (Å²) < 4.78 is 5.60. The van der Waals surface area contributed by atoms with Gasteiger partial charge in [0, 0.05) is 25.2 Å². The predicted octanol–water partition coefficient (Wildman–Crippen LogP) is 1.78. The standard InChI is InChI=1S/C15H22N2O2/c1-12-6-8-17(9-7-12)15(18)11-19-14-5-3-2-4-13(14)10-16/h2-5,12H,6-11,16H2,1H3. The first kappa shape index (κ1) is 13.9. The van der Waals surface area contributed by atoms with Gasteiger partial charge in [-0.05, 0) is 24.8 Å². The zero-order valence-corrected chi connectivity index (χ0v) is 11.5. The fraction of sp³-hybridized carbons (Fsp3) is 0.533. The third-order valence-electron chi connectivity index (χ3n) is 3.68. The second-order valence-electron chi connectivity index (χ2n) is 5.16. The van der Waals surface area contributed by atoms with Crippen molar-refractivity contribution in [3.63, 3.8) is 0 Å². The Morgan fingerprint density at radius 3 is 2.74 bits per heavy atom. The van der Waals surface area contributed by atoms with E-state index in [4.69, 9.17) is 10.5 Å². The molecule has 0 aliphatic carbocycles. The Morgan fingerprint density at radius 2 is 2.05 bits per heavy atom. The minimum absolute atomic E-state index is 0.0683. The Bertz CT molecular complexity index is 426. The Labute approximate surface area is 114 Å². The molecular weight excluding hydrogens is 240 g/mol. The number of carbonyl (C=O) groups is 1. The maximum Gasteiger partial charge on any atom is 0.260 e. The van der Waals surface area contributed by atoms with Crippen LogP contribution in [0.25, 0.3) is 0 Å². The molecule has 1 fully saturated rings. The number of amides is 1. The van der Waals surface area contributed by atoms with Gasteiger partial charge < -0.3 is 15.4 Å². The van der Waals surface area contributed by atoms with E-state index in [1.54, 1.807) is 0 Å². The number of benzene rings is 1. The summed E-state index contributed by atoms with van der Waals surface area (Å²) in [4.78, 5) is 13.9. The lowest BCUT2D eigenvalue weighted by Gasteiger charge is -2.30. The van der Waals surface area contributed by atoms with Crippen LogP contribution in [-0.4, -0.2) is 30.5 Å². The zero-order chi connectivity index (χ0) is 13.7. The zero-order valence-electron chi connectivity index (χ0n) is 11.5. The first-order valence-electron chi connectivity index (χ1n) is 6.89. The first-order chi connectivity index (χ1) is 9.20. The van der Waals surface area contributed by atoms with Crippen molar-refractivity contribution in [1.29, 1.82) is 0 Å². The van der Waals surface area contributed by atoms with Gasteiger partial charge in [-0.1, -0.05) is 25.1 Å². The molecule has 2 rings (SSSR count). The number of nitrogens with two attached hydrogens (primary N) is 1. The maximum atomic E-state index is 12.0. The molecular formula is C15H22N2O2. The van der Waals surface area contributed by atoms with Gasteiger partial charge in [-0.25, -0.2) is 0 Å². The van der Waals surface area contributed by atoms with Gasteiger partial charge in [-0.2, -0.15) is 0 Å². The third-order valence-corrected chi connectivity index (χ3v) is 3.68. The van der Waals surface area contributed by atoms with Crippen LogP contribution in [0.4, 0.5) is 0 Å². The van der Waals surface area contributed by atoms with Crippen LogP contribution >= 0.6 is 0 Å². The topological polar surface area (TPSA) is 55.6 Å². The Hall–Kier alpha value is -1.55. The molecule has 1 aliphatic heterocycles. The molecule has 4 nitrogen and oxygen atoms in total. The lowest BCUT2D eigenvalue weighted by Crippen LogP contribution is -2.40. The normalized spacial score (nSPS) is 16.4. The monoisotopic (exact) mass is 262 g/mol. The van der Waals surface area contributed by atoms with Gasteiger partial charge in [0.2, 0.25) is 0 Å². The van der Waals surface area contributed by atoms with Crippen molar-refractivity contribution >= 4 is 5.91 Å². The van der Waals surface area contributed by atoms with E-state index in [0.717, 1.165) is 37.4 Å². The summed E-state index contributed by atoms with van der Waals surface area (Å²) in [6, 6.07) is 7.58. The molecule has 1 aromatic carbocycles. The van der Waals surface area contributed by atoms with Crippen molar-refractivity contribution in [1.82, 2.24) is 4.90 Å². The lowest BCUT2D eigenvalue weighted by molar-refractivity contribution is -0.134. The SMILES string of the molecule is CC1CCN(C(=O)COc2ccccc2CN)CC1. The fourth-order valence-corrected chi connectivity index (χ4v) is 2.30. The van der Waals surface area contributed by atoms with E-state index < -0.39 is 0 Å². The van der Waals surface area contributed by atoms with Crippen molar-refractivity contribution in [2.45, 2.75) is 26.3 Å². The summed E-state index contributed by atoms with van der Waals surface area (Å²) in [5, 5.41) is 0. The Morgan fingerprint density at radius 1 is 1.37 bits per heavy atom. The summed E-state index contributed by atoms with van der Waals surface area (Å²) >= 11 is 0. The predicted molar refractivity (Wildman–Crippen MR) is 74.8 cm³/mol. The summed E-state index contributed by atoms with van der Waals surface area (Å²) in [6.07, 6.45) is 2.18. The highest BCUT2D eigenvalue weighted by Crippen LogP contribution is 2.18. The highest BCUT2D eigenvalue weighted by atomic mass is 16.5. The smallest absolute Gasteiger partial charge is 0.260 e. The lowest BCUT2D eigenvalue weighted by atomic mass is 9.99. The molecule has 4 heteroatoms. The van der Waals surface area contributed by atoms with Crippen LogP contribution in [0.15, 0.2) is 24.3 Å². The largest absolute Gasteiger partial charge is 0.483 e. The van der Waals surface area contributed by atoms with E-state index in [1.807, 2.05) is 29.2 Å². The van der Waals surface area contributed by atoms with E-state index in [2.05, 4.69) is 6.92 Å². The molecule has 1 heterocycles. The second kappa shape index (κ2) is 6.57. The molecule has 0 radical (unpaired) electrons. The van der Waals surface area contributed by atoms with E-state index in [-0.39, 0.29) is 12.5 Å². The minimum atomic E-state index is 0.0683. The number of piperidine rings is 1. The number of rotatable bonds is 4. The number of hydrogen-bond acceptors (Lipinski definition) is 3. The Kier molecular flexibility index (Phi) is 4.80. The van der Waals surface area contributed by atoms with Gasteiger partial charge in [0.1, 0.15) is 5.75 Å². The molecule has 0 aromatic heterocycles. The molecule has 0 saturated carbocycles. The number of hydrogen-bond donors (Lipinski definition) is 1. The van der Waals surface area contributed by atoms with Crippen LogP contribution in [0.3, 0.4) is 0 Å². The van der Waals surface area contributed by atoms with Gasteiger partial charge in [-0.3, -0.25) is 4.79 Å². The number of ether oxygens (including phenoxy) is 1. The first-order valence-corrected chi connectivity index (χ1v) is 6.89. The summed E-state index contributed by atoms with van der Waals surface area (Å²) in [5.74, 6) is 1.50. The average molecular weight is 262 g/mol. The van der Waals surface area contributed by atoms with Crippen LogP contribution in [0.5, 0.6) is 5.75 Å². The minimum Gasteiger partial charge on any atom is -0.483 e. The molecule has 2 N–H and O–H groups in total. The number of nitrogens with zero attached hydrogens (tertiary/aromatic N) is 1. The second-order valence-corrected chi connectivity index (χ2v) is 5.16. The van der Waals surface area contributed by atoms with Crippen LogP contribution in [0.2, 0.25) is 0 Å². The van der Waals surface area contributed by atoms with Crippen molar-refractivity contribution in [2.24, 2.45) is 11.7 Å². The van der Waals surface area contributed by atoms with Gasteiger partial charge in [-0.15, -0.1) is 0 Å². The average Bonchev–Trinajstić information content (AvgIpc) is 2.45. The van der Waals surface area contributed by atoms with E-state index >= 15 is 0 Å². The van der Waals surface area contributed by atoms with Gasteiger partial charge >= 0.3 is 0 Å². The number of likely N-dealkylation sites (tertiary alicyclic amines) is 1. The van der Waals surface area contributed by atoms with E-state index in [1.165, 1.54) is 0 Å². The summed E-state index contributed by atoms with van der Waals surface area (Å²) in [6.45, 7) is 4.45. The molecule has 1 aliphatic rings. The number of para-hydroxylation sites is 1. The van der Waals surface area contributed by atoms with Crippen molar-refractivity contribution in [2.75, 3.05) is 19.7 Å². The molecule has 0 spiro atoms. The molecule has 104 valence electrons. The molecule has 1 saturated heterocycles. The quantitative estimate of drug-likeness (QED) is 0.900. The van der Waals surface area contributed by atoms with Gasteiger partial charge in [0.15, 0.2) is 6.61 Å². The van der Waals surface area contributed by atoms with Gasteiger partial charge in [0.05, 0.1) is 0 Å². The number of carbonyl (C=O) groups excluding carboxylic acids is 1. The fourth-order valence-electron chi connectivity index (χ4n) is 2.30. The highest BCUT2D eigenvalue weighted by molar-refractivity contribution is 5.77.